The highest BCUT2D eigenvalue weighted by Crippen LogP contribution is 2.31. The first kappa shape index (κ1) is 28.0. The highest BCUT2D eigenvalue weighted by molar-refractivity contribution is 7.97. The molecule has 0 aromatic heterocycles. The Morgan fingerprint density at radius 1 is 0.765 bits per heavy atom. The number of halogens is 3. The smallest absolute Gasteiger partial charge is 0.364 e. The third-order valence-electron chi connectivity index (χ3n) is 4.95. The molecule has 3 aromatic rings. The van der Waals surface area contributed by atoms with Crippen LogP contribution >= 0.6 is 0 Å². The van der Waals surface area contributed by atoms with Crippen molar-refractivity contribution < 1.29 is 26.1 Å². The summed E-state index contributed by atoms with van der Waals surface area (Å²) in [6, 6.07) is 32.2. The van der Waals surface area contributed by atoms with Crippen LogP contribution in [0.5, 0.6) is 0 Å². The molecule has 0 saturated heterocycles. The van der Waals surface area contributed by atoms with Gasteiger partial charge in [0.05, 0.1) is 10.9 Å². The highest BCUT2D eigenvalue weighted by Gasteiger charge is 2.46. The van der Waals surface area contributed by atoms with Gasteiger partial charge in [0.1, 0.15) is 0 Å². The lowest BCUT2D eigenvalue weighted by Crippen LogP contribution is -2.38. The van der Waals surface area contributed by atoms with Crippen LogP contribution in [-0.2, 0) is 21.0 Å². The van der Waals surface area contributed by atoms with Gasteiger partial charge in [-0.25, -0.2) is 12.8 Å². The molecule has 0 aliphatic heterocycles. The van der Waals surface area contributed by atoms with E-state index in [9.17, 15) is 26.1 Å². The Bertz CT molecular complexity index is 970. The second kappa shape index (κ2) is 13.6. The zero-order chi connectivity index (χ0) is 25.0. The molecule has 0 aliphatic rings. The fourth-order valence-electron chi connectivity index (χ4n) is 3.15. The molecule has 34 heavy (non-hydrogen) atoms. The molecular weight excluding hydrogens is 481 g/mol. The zero-order valence-electron chi connectivity index (χ0n) is 18.9. The largest absolute Gasteiger partial charge is 0.743 e. The fraction of sp³-hybridized carbons (Fsp3) is 0.308. The summed E-state index contributed by atoms with van der Waals surface area (Å²) in [6.45, 7) is 1.89. The van der Waals surface area contributed by atoms with Gasteiger partial charge in [-0.1, -0.05) is 87.2 Å². The van der Waals surface area contributed by atoms with Gasteiger partial charge in [-0.3, -0.25) is 0 Å². The summed E-state index contributed by atoms with van der Waals surface area (Å²) >= 11 is 0. The Labute approximate surface area is 203 Å². The summed E-state index contributed by atoms with van der Waals surface area (Å²) in [4.78, 5) is 4.08. The molecule has 1 unspecified atom stereocenters. The average molecular weight is 511 g/mol. The zero-order valence-corrected chi connectivity index (χ0v) is 20.6. The van der Waals surface area contributed by atoms with Gasteiger partial charge in [-0.2, -0.15) is 8.78 Å². The SMILES string of the molecule is CCCCCCC(F)C(F)(F)S(=O)(=O)[O-].c1ccc([S+](c2ccccc2)c2ccccc2)cc1. The molecule has 0 amide bonds. The van der Waals surface area contributed by atoms with E-state index in [0.717, 1.165) is 12.8 Å². The standard InChI is InChI=1S/C18H15S.C8H15F3O3S/c1-4-10-16(11-5-1)19(17-12-6-2-7-13-17)18-14-8-3-9-15-18;1-2-3-4-5-6-7(9)8(10,11)15(12,13)14/h1-15H;7H,2-6H2,1H3,(H,12,13,14)/q+1;/p-1. The number of benzene rings is 3. The Morgan fingerprint density at radius 2 is 1.15 bits per heavy atom. The first-order valence-corrected chi connectivity index (χ1v) is 13.7. The van der Waals surface area contributed by atoms with Gasteiger partial charge in [0, 0.05) is 0 Å². The van der Waals surface area contributed by atoms with Crippen molar-refractivity contribution >= 4 is 21.0 Å². The molecule has 1 atom stereocenters. The third kappa shape index (κ3) is 8.18. The van der Waals surface area contributed by atoms with Crippen LogP contribution in [0.3, 0.4) is 0 Å². The van der Waals surface area contributed by atoms with E-state index in [2.05, 4.69) is 91.0 Å². The first-order valence-electron chi connectivity index (χ1n) is 11.0. The molecule has 0 aliphatic carbocycles. The van der Waals surface area contributed by atoms with Crippen molar-refractivity contribution in [1.82, 2.24) is 0 Å². The summed E-state index contributed by atoms with van der Waals surface area (Å²) < 4.78 is 68.0. The van der Waals surface area contributed by atoms with E-state index in [0.29, 0.717) is 6.42 Å². The van der Waals surface area contributed by atoms with Crippen molar-refractivity contribution in [2.45, 2.75) is 65.1 Å². The molecule has 3 nitrogen and oxygen atoms in total. The lowest BCUT2D eigenvalue weighted by Gasteiger charge is -2.23. The molecule has 8 heteroatoms. The van der Waals surface area contributed by atoms with Gasteiger partial charge in [0.2, 0.25) is 0 Å². The molecule has 0 radical (unpaired) electrons. The Balaban J connectivity index is 0.000000249. The Morgan fingerprint density at radius 3 is 1.47 bits per heavy atom. The van der Waals surface area contributed by atoms with E-state index in [4.69, 9.17) is 0 Å². The van der Waals surface area contributed by atoms with Gasteiger partial charge in [0.25, 0.3) is 0 Å². The van der Waals surface area contributed by atoms with Crippen molar-refractivity contribution in [3.05, 3.63) is 91.0 Å². The van der Waals surface area contributed by atoms with E-state index in [1.165, 1.54) is 14.7 Å². The minimum atomic E-state index is -5.90. The average Bonchev–Trinajstić information content (AvgIpc) is 2.84. The van der Waals surface area contributed by atoms with Crippen LogP contribution in [0.4, 0.5) is 13.2 Å². The maximum atomic E-state index is 12.8. The summed E-state index contributed by atoms with van der Waals surface area (Å²) in [5.41, 5.74) is 0. The van der Waals surface area contributed by atoms with Gasteiger partial charge in [-0.15, -0.1) is 0 Å². The van der Waals surface area contributed by atoms with Crippen LogP contribution in [-0.4, -0.2) is 24.4 Å². The molecule has 184 valence electrons. The topological polar surface area (TPSA) is 57.2 Å². The predicted octanol–water partition coefficient (Wildman–Crippen LogP) is 7.21. The van der Waals surface area contributed by atoms with Crippen molar-refractivity contribution in [3.8, 4) is 0 Å². The highest BCUT2D eigenvalue weighted by atomic mass is 32.2. The summed E-state index contributed by atoms with van der Waals surface area (Å²) in [7, 11) is -5.92. The molecule has 0 spiro atoms. The predicted molar refractivity (Wildman–Crippen MR) is 130 cm³/mol. The van der Waals surface area contributed by atoms with E-state index >= 15 is 0 Å². The van der Waals surface area contributed by atoms with E-state index in [-0.39, 0.29) is 17.3 Å². The lowest BCUT2D eigenvalue weighted by atomic mass is 10.1. The molecule has 3 aromatic carbocycles. The number of hydrogen-bond donors (Lipinski definition) is 0. The normalized spacial score (nSPS) is 12.6. The monoisotopic (exact) mass is 510 g/mol. The van der Waals surface area contributed by atoms with Gasteiger partial charge >= 0.3 is 5.25 Å². The van der Waals surface area contributed by atoms with Crippen molar-refractivity contribution in [2.75, 3.05) is 0 Å². The molecule has 3 rings (SSSR count). The van der Waals surface area contributed by atoms with E-state index < -0.39 is 28.0 Å². The summed E-state index contributed by atoms with van der Waals surface area (Å²) in [6.07, 6.45) is -1.19. The number of unbranched alkanes of at least 4 members (excludes halogenated alkanes) is 3. The maximum Gasteiger partial charge on any atom is 0.364 e. The van der Waals surface area contributed by atoms with Gasteiger partial charge in [0.15, 0.2) is 31.0 Å². The molecule has 0 bridgehead atoms. The van der Waals surface area contributed by atoms with Crippen molar-refractivity contribution in [3.63, 3.8) is 0 Å². The van der Waals surface area contributed by atoms with E-state index in [1.54, 1.807) is 0 Å². The molecule has 0 fully saturated rings. The quantitative estimate of drug-likeness (QED) is 0.164. The molecule has 0 heterocycles. The van der Waals surface area contributed by atoms with Crippen LogP contribution in [0.15, 0.2) is 106 Å². The van der Waals surface area contributed by atoms with Gasteiger partial charge in [-0.05, 0) is 42.8 Å². The molecule has 0 N–H and O–H groups in total. The van der Waals surface area contributed by atoms with E-state index in [1.807, 2.05) is 6.92 Å². The fourth-order valence-corrected chi connectivity index (χ4v) is 5.69. The Hall–Kier alpha value is -2.29. The number of alkyl halides is 3. The van der Waals surface area contributed by atoms with Crippen LogP contribution in [0.2, 0.25) is 0 Å². The Kier molecular flexibility index (Phi) is 11.1. The van der Waals surface area contributed by atoms with Crippen LogP contribution in [0, 0.1) is 0 Å². The summed E-state index contributed by atoms with van der Waals surface area (Å²) in [5, 5.41) is -4.81. The van der Waals surface area contributed by atoms with Crippen LogP contribution < -0.4 is 0 Å². The lowest BCUT2D eigenvalue weighted by molar-refractivity contribution is -0.00784. The van der Waals surface area contributed by atoms with Crippen LogP contribution in [0.1, 0.15) is 39.0 Å². The second-order valence-corrected chi connectivity index (χ2v) is 11.1. The minimum Gasteiger partial charge on any atom is -0.743 e. The third-order valence-corrected chi connectivity index (χ3v) is 8.10. The van der Waals surface area contributed by atoms with Crippen molar-refractivity contribution in [1.29, 1.82) is 0 Å². The number of hydrogen-bond acceptors (Lipinski definition) is 3. The van der Waals surface area contributed by atoms with Crippen molar-refractivity contribution in [2.24, 2.45) is 0 Å². The van der Waals surface area contributed by atoms with Gasteiger partial charge < -0.3 is 4.55 Å². The maximum absolute atomic E-state index is 12.8. The second-order valence-electron chi connectivity index (χ2n) is 7.58. The first-order chi connectivity index (χ1) is 16.2. The minimum absolute atomic E-state index is 0.0146. The summed E-state index contributed by atoms with van der Waals surface area (Å²) in [5.74, 6) is 0. The molecular formula is C26H29F3O3S2. The molecule has 0 saturated carbocycles. The number of rotatable bonds is 10. The van der Waals surface area contributed by atoms with Crippen LogP contribution in [0.25, 0.3) is 0 Å².